The zero-order valence-electron chi connectivity index (χ0n) is 17.6. The average Bonchev–Trinajstić information content (AvgIpc) is 3.49. The van der Waals surface area contributed by atoms with E-state index in [0.29, 0.717) is 0 Å². The summed E-state index contributed by atoms with van der Waals surface area (Å²) in [4.78, 5) is 0. The van der Waals surface area contributed by atoms with Crippen LogP contribution in [0.2, 0.25) is 0 Å². The Bertz CT molecular complexity index is 464. The summed E-state index contributed by atoms with van der Waals surface area (Å²) in [6.45, 7) is 7.88. The summed E-state index contributed by atoms with van der Waals surface area (Å²) in [5.74, 6) is 2.69. The SMILES string of the molecule is C=CCC1(CC=C)C([C]2[CH][CH][CH][CH]2)=C1[C]1[CH][CH][CH][CH]1.[CH]1[CH][CH][CH][CH]1.[CH]1[CH][CH][CH][CH]1.[Fe+2].[Fe+2]. The molecule has 0 aromatic heterocycles. The molecule has 0 aliphatic heterocycles. The van der Waals surface area contributed by atoms with Crippen molar-refractivity contribution in [3.8, 4) is 0 Å². The third kappa shape index (κ3) is 8.21. The summed E-state index contributed by atoms with van der Waals surface area (Å²) >= 11 is 0. The largest absolute Gasteiger partial charge is 2.00 e. The van der Waals surface area contributed by atoms with Gasteiger partial charge >= 0.3 is 34.1 Å². The maximum Gasteiger partial charge on any atom is 2.00 e. The van der Waals surface area contributed by atoms with E-state index in [-0.39, 0.29) is 39.6 Å². The Balaban J connectivity index is 0.000000331. The molecule has 0 amide bonds. The second-order valence-corrected chi connectivity index (χ2v) is 7.09. The minimum atomic E-state index is 0. The van der Waals surface area contributed by atoms with Gasteiger partial charge in [-0.05, 0) is 128 Å². The molecular formula is C29H28Fe2+4. The van der Waals surface area contributed by atoms with Gasteiger partial charge in [-0.15, -0.1) is 13.2 Å². The van der Waals surface area contributed by atoms with Gasteiger partial charge in [0, 0.05) is 17.3 Å². The number of allylic oxidation sites excluding steroid dienone is 4. The molecule has 20 radical (unpaired) electrons. The van der Waals surface area contributed by atoms with E-state index >= 15 is 0 Å². The van der Waals surface area contributed by atoms with Gasteiger partial charge in [0.1, 0.15) is 0 Å². The van der Waals surface area contributed by atoms with Crippen molar-refractivity contribution in [3.05, 3.63) is 164 Å². The normalized spacial score (nSPS) is 24.3. The average molecular weight is 488 g/mol. The van der Waals surface area contributed by atoms with Crippen molar-refractivity contribution >= 4 is 0 Å². The van der Waals surface area contributed by atoms with Gasteiger partial charge in [-0.2, -0.15) is 0 Å². The van der Waals surface area contributed by atoms with Crippen LogP contribution in [0, 0.1) is 133 Å². The fourth-order valence-corrected chi connectivity index (χ4v) is 3.91. The van der Waals surface area contributed by atoms with E-state index in [4.69, 9.17) is 0 Å². The zero-order chi connectivity index (χ0) is 20.4. The summed E-state index contributed by atoms with van der Waals surface area (Å²) < 4.78 is 0. The molecule has 0 atom stereocenters. The molecule has 0 aromatic rings. The van der Waals surface area contributed by atoms with Gasteiger partial charge in [-0.25, -0.2) is 0 Å². The summed E-state index contributed by atoms with van der Waals surface area (Å²) in [6.07, 6.45) is 43.3. The number of hydrogen-bond acceptors (Lipinski definition) is 0. The first kappa shape index (κ1) is 29.3. The summed E-state index contributed by atoms with van der Waals surface area (Å²) in [5.41, 5.74) is 3.08. The molecule has 0 saturated heterocycles. The van der Waals surface area contributed by atoms with Gasteiger partial charge in [0.2, 0.25) is 0 Å². The Hall–Kier alpha value is 0.259. The molecule has 2 heteroatoms. The van der Waals surface area contributed by atoms with Gasteiger partial charge in [0.15, 0.2) is 0 Å². The minimum absolute atomic E-state index is 0. The Morgan fingerprint density at radius 1 is 0.484 bits per heavy atom. The third-order valence-corrected chi connectivity index (χ3v) is 5.14. The molecule has 5 aliphatic carbocycles. The van der Waals surface area contributed by atoms with Crippen LogP contribution in [0.5, 0.6) is 0 Å². The predicted molar refractivity (Wildman–Crippen MR) is 123 cm³/mol. The van der Waals surface area contributed by atoms with Crippen molar-refractivity contribution in [3.63, 3.8) is 0 Å². The first-order valence-electron chi connectivity index (χ1n) is 10.1. The molecule has 0 nitrogen and oxygen atoms in total. The maximum atomic E-state index is 3.94. The van der Waals surface area contributed by atoms with E-state index in [2.05, 4.69) is 64.5 Å². The molecule has 0 spiro atoms. The van der Waals surface area contributed by atoms with Gasteiger partial charge in [-0.3, -0.25) is 0 Å². The minimum Gasteiger partial charge on any atom is -0.103 e. The Morgan fingerprint density at radius 3 is 0.968 bits per heavy atom. The molecule has 4 fully saturated rings. The summed E-state index contributed by atoms with van der Waals surface area (Å²) in [5, 5.41) is 0. The van der Waals surface area contributed by atoms with Crippen molar-refractivity contribution < 1.29 is 34.1 Å². The Kier molecular flexibility index (Phi) is 15.1. The monoisotopic (exact) mass is 488 g/mol. The second-order valence-electron chi connectivity index (χ2n) is 7.09. The fraction of sp³-hybridized carbons (Fsp3) is 0.103. The molecule has 0 heterocycles. The van der Waals surface area contributed by atoms with Crippen molar-refractivity contribution in [2.75, 3.05) is 0 Å². The van der Waals surface area contributed by atoms with Gasteiger partial charge in [0.25, 0.3) is 0 Å². The van der Waals surface area contributed by atoms with E-state index in [1.165, 1.54) is 23.0 Å². The van der Waals surface area contributed by atoms with Crippen molar-refractivity contribution in [2.45, 2.75) is 12.8 Å². The number of rotatable bonds is 6. The third-order valence-electron chi connectivity index (χ3n) is 5.14. The molecule has 5 aliphatic rings. The van der Waals surface area contributed by atoms with Crippen LogP contribution in [0.25, 0.3) is 0 Å². The van der Waals surface area contributed by atoms with Crippen LogP contribution in [-0.2, 0) is 34.1 Å². The molecule has 156 valence electrons. The first-order valence-corrected chi connectivity index (χ1v) is 10.1. The standard InChI is InChI=1S/C19H18.2C5H5.2Fe/c1-3-13-19(14-4-2)17(15-9-5-6-10-15)18(19)16-11-7-8-12-16;2*1-2-4-5-3-1;;/h3-12H,1-2,13-14H2;2*1-5H;;/q;;;2*+2. The van der Waals surface area contributed by atoms with Gasteiger partial charge < -0.3 is 0 Å². The fourth-order valence-electron chi connectivity index (χ4n) is 3.91. The van der Waals surface area contributed by atoms with E-state index in [0.717, 1.165) is 12.8 Å². The Morgan fingerprint density at radius 2 is 0.742 bits per heavy atom. The molecule has 0 aromatic carbocycles. The van der Waals surface area contributed by atoms with Crippen molar-refractivity contribution in [1.82, 2.24) is 0 Å². The summed E-state index contributed by atoms with van der Waals surface area (Å²) in [6, 6.07) is 0. The molecule has 0 unspecified atom stereocenters. The van der Waals surface area contributed by atoms with Crippen LogP contribution in [-0.4, -0.2) is 0 Å². The van der Waals surface area contributed by atoms with Crippen LogP contribution < -0.4 is 0 Å². The van der Waals surface area contributed by atoms with E-state index in [1.54, 1.807) is 0 Å². The van der Waals surface area contributed by atoms with E-state index < -0.39 is 0 Å². The van der Waals surface area contributed by atoms with Crippen molar-refractivity contribution in [2.24, 2.45) is 5.41 Å². The molecule has 0 bridgehead atoms. The molecule has 4 saturated carbocycles. The topological polar surface area (TPSA) is 0 Å². The smallest absolute Gasteiger partial charge is 0.103 e. The van der Waals surface area contributed by atoms with E-state index in [1.807, 2.05) is 76.4 Å². The van der Waals surface area contributed by atoms with Crippen LogP contribution in [0.15, 0.2) is 36.5 Å². The van der Waals surface area contributed by atoms with Crippen LogP contribution in [0.3, 0.4) is 0 Å². The molecule has 0 N–H and O–H groups in total. The van der Waals surface area contributed by atoms with E-state index in [9.17, 15) is 0 Å². The van der Waals surface area contributed by atoms with Crippen LogP contribution >= 0.6 is 0 Å². The van der Waals surface area contributed by atoms with Crippen LogP contribution in [0.4, 0.5) is 0 Å². The zero-order valence-corrected chi connectivity index (χ0v) is 19.8. The quantitative estimate of drug-likeness (QED) is 0.305. The molecule has 31 heavy (non-hydrogen) atoms. The van der Waals surface area contributed by atoms with Crippen molar-refractivity contribution in [1.29, 1.82) is 0 Å². The summed E-state index contributed by atoms with van der Waals surface area (Å²) in [7, 11) is 0. The first-order chi connectivity index (χ1) is 14.3. The predicted octanol–water partition coefficient (Wildman–Crippen LogP) is 6.28. The van der Waals surface area contributed by atoms with Gasteiger partial charge in [0.05, 0.1) is 0 Å². The Labute approximate surface area is 215 Å². The molecular weight excluding hydrogens is 460 g/mol. The number of hydrogen-bond donors (Lipinski definition) is 0. The maximum absolute atomic E-state index is 3.94. The van der Waals surface area contributed by atoms with Crippen LogP contribution in [0.1, 0.15) is 12.8 Å². The molecule has 5 rings (SSSR count). The second kappa shape index (κ2) is 16.0. The van der Waals surface area contributed by atoms with Gasteiger partial charge in [-0.1, -0.05) is 23.3 Å².